The normalized spacial score (nSPS) is 26.6. The molecule has 0 aromatic heterocycles. The van der Waals surface area contributed by atoms with Crippen LogP contribution in [0.2, 0.25) is 0 Å². The monoisotopic (exact) mass is 287 g/mol. The number of piperazine rings is 1. The van der Waals surface area contributed by atoms with E-state index in [9.17, 15) is 0 Å². The Morgan fingerprint density at radius 2 is 1.86 bits per heavy atom. The van der Waals surface area contributed by atoms with Crippen LogP contribution in [0, 0.1) is 0 Å². The van der Waals surface area contributed by atoms with E-state index in [0.29, 0.717) is 12.1 Å². The van der Waals surface area contributed by atoms with Gasteiger partial charge in [0, 0.05) is 44.8 Å². The van der Waals surface area contributed by atoms with Crippen molar-refractivity contribution in [2.45, 2.75) is 44.8 Å². The van der Waals surface area contributed by atoms with Gasteiger partial charge in [-0.15, -0.1) is 0 Å². The first-order valence-corrected chi connectivity index (χ1v) is 8.56. The number of piperidine rings is 1. The Hall–Kier alpha value is -0.900. The Morgan fingerprint density at radius 3 is 2.52 bits per heavy atom. The van der Waals surface area contributed by atoms with Crippen LogP contribution in [0.15, 0.2) is 30.3 Å². The lowest BCUT2D eigenvalue weighted by Crippen LogP contribution is -2.56. The molecule has 0 bridgehead atoms. The highest BCUT2D eigenvalue weighted by atomic mass is 15.3. The topological polar surface area (TPSA) is 18.5 Å². The molecular weight excluding hydrogens is 258 g/mol. The predicted octanol–water partition coefficient (Wildman–Crippen LogP) is 2.33. The third-order valence-electron chi connectivity index (χ3n) is 5.16. The minimum Gasteiger partial charge on any atom is -0.312 e. The molecular formula is C18H29N3. The van der Waals surface area contributed by atoms with Crippen molar-refractivity contribution < 1.29 is 0 Å². The molecule has 3 nitrogen and oxygen atoms in total. The van der Waals surface area contributed by atoms with Crippen molar-refractivity contribution in [3.8, 4) is 0 Å². The molecule has 2 unspecified atom stereocenters. The van der Waals surface area contributed by atoms with Crippen LogP contribution in [0.1, 0.15) is 31.7 Å². The van der Waals surface area contributed by atoms with Crippen LogP contribution in [0.25, 0.3) is 0 Å². The van der Waals surface area contributed by atoms with Gasteiger partial charge in [0.1, 0.15) is 0 Å². The summed E-state index contributed by atoms with van der Waals surface area (Å²) in [6, 6.07) is 12.2. The summed E-state index contributed by atoms with van der Waals surface area (Å²) in [6.07, 6.45) is 4.11. The zero-order chi connectivity index (χ0) is 14.5. The van der Waals surface area contributed by atoms with E-state index >= 15 is 0 Å². The van der Waals surface area contributed by atoms with Crippen molar-refractivity contribution in [3.05, 3.63) is 35.9 Å². The molecule has 0 saturated carbocycles. The van der Waals surface area contributed by atoms with Crippen molar-refractivity contribution in [3.63, 3.8) is 0 Å². The molecule has 0 amide bonds. The molecule has 2 heterocycles. The highest BCUT2D eigenvalue weighted by Crippen LogP contribution is 2.17. The Kier molecular flexibility index (Phi) is 5.28. The van der Waals surface area contributed by atoms with E-state index in [1.807, 2.05) is 0 Å². The first-order valence-electron chi connectivity index (χ1n) is 8.56. The van der Waals surface area contributed by atoms with Gasteiger partial charge >= 0.3 is 0 Å². The summed E-state index contributed by atoms with van der Waals surface area (Å²) in [6.45, 7) is 9.56. The molecule has 0 spiro atoms. The van der Waals surface area contributed by atoms with E-state index < -0.39 is 0 Å². The van der Waals surface area contributed by atoms with Gasteiger partial charge < -0.3 is 5.32 Å². The first kappa shape index (κ1) is 15.0. The molecule has 3 rings (SSSR count). The molecule has 21 heavy (non-hydrogen) atoms. The van der Waals surface area contributed by atoms with E-state index in [4.69, 9.17) is 0 Å². The molecule has 116 valence electrons. The molecule has 3 heteroatoms. The van der Waals surface area contributed by atoms with Crippen LogP contribution < -0.4 is 5.32 Å². The molecule has 2 aliphatic rings. The van der Waals surface area contributed by atoms with Crippen LogP contribution in [0.3, 0.4) is 0 Å². The van der Waals surface area contributed by atoms with Crippen LogP contribution >= 0.6 is 0 Å². The number of hydrogen-bond acceptors (Lipinski definition) is 3. The molecule has 1 aromatic carbocycles. The Balaban J connectivity index is 1.46. The summed E-state index contributed by atoms with van der Waals surface area (Å²) < 4.78 is 0. The average Bonchev–Trinajstić information content (AvgIpc) is 2.57. The smallest absolute Gasteiger partial charge is 0.0234 e. The Morgan fingerprint density at radius 1 is 1.10 bits per heavy atom. The first-order chi connectivity index (χ1) is 10.3. The summed E-state index contributed by atoms with van der Waals surface area (Å²) in [5, 5.41) is 3.71. The quantitative estimate of drug-likeness (QED) is 0.917. The van der Waals surface area contributed by atoms with Crippen LogP contribution in [-0.2, 0) is 6.54 Å². The second kappa shape index (κ2) is 7.39. The van der Waals surface area contributed by atoms with Crippen molar-refractivity contribution >= 4 is 0 Å². The van der Waals surface area contributed by atoms with E-state index in [-0.39, 0.29) is 0 Å². The minimum absolute atomic E-state index is 0.684. The summed E-state index contributed by atoms with van der Waals surface area (Å²) in [7, 11) is 0. The van der Waals surface area contributed by atoms with Gasteiger partial charge in [0.15, 0.2) is 0 Å². The standard InChI is InChI=1S/C18H29N3/c1-16(18-9-5-6-10-19-18)21-13-11-20(12-14-21)15-17-7-3-2-4-8-17/h2-4,7-8,16,18-19H,5-6,9-15H2,1H3. The van der Waals surface area contributed by atoms with Gasteiger partial charge in [-0.05, 0) is 31.9 Å². The average molecular weight is 287 g/mol. The number of rotatable bonds is 4. The van der Waals surface area contributed by atoms with Crippen molar-refractivity contribution in [2.24, 2.45) is 0 Å². The summed E-state index contributed by atoms with van der Waals surface area (Å²) >= 11 is 0. The fraction of sp³-hybridized carbons (Fsp3) is 0.667. The molecule has 0 aliphatic carbocycles. The largest absolute Gasteiger partial charge is 0.312 e. The highest BCUT2D eigenvalue weighted by molar-refractivity contribution is 5.14. The molecule has 2 fully saturated rings. The van der Waals surface area contributed by atoms with Crippen LogP contribution in [0.4, 0.5) is 0 Å². The number of nitrogens with zero attached hydrogens (tertiary/aromatic N) is 2. The fourth-order valence-electron chi connectivity index (χ4n) is 3.72. The maximum Gasteiger partial charge on any atom is 0.0234 e. The van der Waals surface area contributed by atoms with Gasteiger partial charge in [0.25, 0.3) is 0 Å². The molecule has 2 aliphatic heterocycles. The van der Waals surface area contributed by atoms with E-state index in [1.165, 1.54) is 57.5 Å². The zero-order valence-electron chi connectivity index (χ0n) is 13.3. The van der Waals surface area contributed by atoms with Crippen molar-refractivity contribution in [1.82, 2.24) is 15.1 Å². The van der Waals surface area contributed by atoms with Crippen LogP contribution in [0.5, 0.6) is 0 Å². The van der Waals surface area contributed by atoms with Gasteiger partial charge in [0.05, 0.1) is 0 Å². The SMILES string of the molecule is CC(C1CCCCN1)N1CCN(Cc2ccccc2)CC1. The number of nitrogens with one attached hydrogen (secondary N) is 1. The highest BCUT2D eigenvalue weighted by Gasteiger charge is 2.27. The number of benzene rings is 1. The Bertz CT molecular complexity index is 406. The Labute approximate surface area is 129 Å². The van der Waals surface area contributed by atoms with Crippen LogP contribution in [-0.4, -0.2) is 54.6 Å². The van der Waals surface area contributed by atoms with Crippen molar-refractivity contribution in [1.29, 1.82) is 0 Å². The molecule has 0 radical (unpaired) electrons. The summed E-state index contributed by atoms with van der Waals surface area (Å²) in [5.41, 5.74) is 1.44. The fourth-order valence-corrected chi connectivity index (χ4v) is 3.72. The van der Waals surface area contributed by atoms with Gasteiger partial charge in [-0.2, -0.15) is 0 Å². The van der Waals surface area contributed by atoms with Crippen molar-refractivity contribution in [2.75, 3.05) is 32.7 Å². The third-order valence-corrected chi connectivity index (χ3v) is 5.16. The second-order valence-electron chi connectivity index (χ2n) is 6.59. The lowest BCUT2D eigenvalue weighted by molar-refractivity contribution is 0.0768. The predicted molar refractivity (Wildman–Crippen MR) is 88.4 cm³/mol. The van der Waals surface area contributed by atoms with Gasteiger partial charge in [-0.1, -0.05) is 36.8 Å². The maximum atomic E-state index is 3.71. The lowest BCUT2D eigenvalue weighted by Gasteiger charge is -2.42. The molecule has 1 aromatic rings. The lowest BCUT2D eigenvalue weighted by atomic mass is 9.97. The van der Waals surface area contributed by atoms with Gasteiger partial charge in [-0.25, -0.2) is 0 Å². The third kappa shape index (κ3) is 4.06. The zero-order valence-corrected chi connectivity index (χ0v) is 13.3. The van der Waals surface area contributed by atoms with Gasteiger partial charge in [-0.3, -0.25) is 9.80 Å². The summed E-state index contributed by atoms with van der Waals surface area (Å²) in [4.78, 5) is 5.28. The summed E-state index contributed by atoms with van der Waals surface area (Å²) in [5.74, 6) is 0. The maximum absolute atomic E-state index is 3.71. The van der Waals surface area contributed by atoms with E-state index in [0.717, 1.165) is 6.54 Å². The molecule has 1 N–H and O–H groups in total. The second-order valence-corrected chi connectivity index (χ2v) is 6.59. The van der Waals surface area contributed by atoms with Gasteiger partial charge in [0.2, 0.25) is 0 Å². The van der Waals surface area contributed by atoms with E-state index in [1.54, 1.807) is 0 Å². The van der Waals surface area contributed by atoms with E-state index in [2.05, 4.69) is 52.4 Å². The molecule has 2 saturated heterocycles. The minimum atomic E-state index is 0.684. The number of hydrogen-bond donors (Lipinski definition) is 1. The molecule has 2 atom stereocenters.